The average molecular weight is 363 g/mol. The van der Waals surface area contributed by atoms with Gasteiger partial charge in [0.25, 0.3) is 0 Å². The Morgan fingerprint density at radius 3 is 2.53 bits per heavy atom. The summed E-state index contributed by atoms with van der Waals surface area (Å²) in [5.41, 5.74) is 0. The van der Waals surface area contributed by atoms with E-state index in [-0.39, 0.29) is 0 Å². The van der Waals surface area contributed by atoms with Gasteiger partial charge in [-0.2, -0.15) is 0 Å². The summed E-state index contributed by atoms with van der Waals surface area (Å²) in [6.45, 7) is 4.06. The van der Waals surface area contributed by atoms with E-state index in [1.807, 2.05) is 24.3 Å². The molecule has 1 aromatic carbocycles. The monoisotopic (exact) mass is 363 g/mol. The fourth-order valence-electron chi connectivity index (χ4n) is 1.78. The molecule has 1 aliphatic rings. The summed E-state index contributed by atoms with van der Waals surface area (Å²) in [4.78, 5) is 0.930. The smallest absolute Gasteiger partial charge is 0.127 e. The van der Waals surface area contributed by atoms with Crippen molar-refractivity contribution in [2.75, 3.05) is 13.1 Å². The van der Waals surface area contributed by atoms with E-state index in [0.717, 1.165) is 30.3 Å². The van der Waals surface area contributed by atoms with Gasteiger partial charge in [0.05, 0.1) is 4.90 Å². The average Bonchev–Trinajstić information content (AvgIpc) is 3.13. The van der Waals surface area contributed by atoms with Crippen molar-refractivity contribution in [3.63, 3.8) is 0 Å². The van der Waals surface area contributed by atoms with Crippen LogP contribution in [0, 0.1) is 9.49 Å². The van der Waals surface area contributed by atoms with Gasteiger partial charge in [0.1, 0.15) is 11.0 Å². The third-order valence-electron chi connectivity index (χ3n) is 2.88. The Morgan fingerprint density at radius 2 is 2.00 bits per heavy atom. The van der Waals surface area contributed by atoms with Crippen molar-refractivity contribution in [2.45, 2.75) is 31.1 Å². The normalized spacial score (nSPS) is 17.4. The van der Waals surface area contributed by atoms with Gasteiger partial charge >= 0.3 is 0 Å². The highest BCUT2D eigenvalue weighted by Crippen LogP contribution is 2.30. The Morgan fingerprint density at radius 1 is 1.35 bits per heavy atom. The second-order valence-electron chi connectivity index (χ2n) is 4.53. The standard InChI is InChI=1S/C13H18INOS/c1-2-9-15(10-11-3-4-11)17(16)13-7-5-12(14)6-8-13/h5-8,11H,2-4,9-10H2,1H3. The lowest BCUT2D eigenvalue weighted by Gasteiger charge is -2.20. The Bertz CT molecular complexity index is 389. The van der Waals surface area contributed by atoms with Gasteiger partial charge < -0.3 is 0 Å². The van der Waals surface area contributed by atoms with Crippen LogP contribution < -0.4 is 0 Å². The largest absolute Gasteiger partial charge is 0.237 e. The molecular weight excluding hydrogens is 345 g/mol. The highest BCUT2D eigenvalue weighted by Gasteiger charge is 2.26. The fourth-order valence-corrected chi connectivity index (χ4v) is 3.50. The van der Waals surface area contributed by atoms with Crippen molar-refractivity contribution in [3.8, 4) is 0 Å². The Hall–Kier alpha value is 0.0600. The minimum Gasteiger partial charge on any atom is -0.237 e. The zero-order chi connectivity index (χ0) is 12.3. The third-order valence-corrected chi connectivity index (χ3v) is 5.08. The minimum atomic E-state index is -0.980. The molecule has 1 atom stereocenters. The van der Waals surface area contributed by atoms with Crippen LogP contribution in [0.5, 0.6) is 0 Å². The van der Waals surface area contributed by atoms with Crippen molar-refractivity contribution >= 4 is 33.6 Å². The van der Waals surface area contributed by atoms with Crippen LogP contribution in [0.25, 0.3) is 0 Å². The van der Waals surface area contributed by atoms with Crippen LogP contribution in [0.2, 0.25) is 0 Å². The van der Waals surface area contributed by atoms with E-state index in [4.69, 9.17) is 0 Å². The number of nitrogens with zero attached hydrogens (tertiary/aromatic N) is 1. The SMILES string of the molecule is CCCN(CC1CC1)S(=O)c1ccc(I)cc1. The molecule has 1 unspecified atom stereocenters. The van der Waals surface area contributed by atoms with Gasteiger partial charge in [-0.25, -0.2) is 8.51 Å². The first-order valence-corrected chi connectivity index (χ1v) is 8.31. The molecule has 1 fully saturated rings. The number of hydrogen-bond acceptors (Lipinski definition) is 1. The molecule has 1 aliphatic carbocycles. The lowest BCUT2D eigenvalue weighted by Crippen LogP contribution is -2.29. The van der Waals surface area contributed by atoms with Gasteiger partial charge in [0, 0.05) is 16.7 Å². The first kappa shape index (κ1) is 13.5. The maximum Gasteiger partial charge on any atom is 0.127 e. The Balaban J connectivity index is 2.05. The predicted octanol–water partition coefficient (Wildman–Crippen LogP) is 3.44. The second kappa shape index (κ2) is 6.29. The molecule has 0 amide bonds. The zero-order valence-electron chi connectivity index (χ0n) is 10.1. The topological polar surface area (TPSA) is 20.3 Å². The lowest BCUT2D eigenvalue weighted by molar-refractivity contribution is 0.424. The summed E-state index contributed by atoms with van der Waals surface area (Å²) in [5, 5.41) is 0. The summed E-state index contributed by atoms with van der Waals surface area (Å²) in [6.07, 6.45) is 3.68. The lowest BCUT2D eigenvalue weighted by atomic mass is 10.4. The summed E-state index contributed by atoms with van der Waals surface area (Å²) < 4.78 is 15.8. The maximum atomic E-state index is 12.4. The van der Waals surface area contributed by atoms with Crippen LogP contribution in [0.15, 0.2) is 29.2 Å². The van der Waals surface area contributed by atoms with E-state index in [9.17, 15) is 4.21 Å². The van der Waals surface area contributed by atoms with E-state index in [1.54, 1.807) is 0 Å². The van der Waals surface area contributed by atoms with Crippen LogP contribution >= 0.6 is 22.6 Å². The molecule has 0 bridgehead atoms. The minimum absolute atomic E-state index is 0.786. The predicted molar refractivity (Wildman–Crippen MR) is 80.2 cm³/mol. The van der Waals surface area contributed by atoms with Crippen molar-refractivity contribution in [1.29, 1.82) is 0 Å². The summed E-state index contributed by atoms with van der Waals surface area (Å²) >= 11 is 2.27. The summed E-state index contributed by atoms with van der Waals surface area (Å²) in [7, 11) is -0.980. The van der Waals surface area contributed by atoms with E-state index >= 15 is 0 Å². The van der Waals surface area contributed by atoms with Gasteiger partial charge in [-0.05, 0) is 72.0 Å². The van der Waals surface area contributed by atoms with Gasteiger partial charge in [0.15, 0.2) is 0 Å². The molecule has 2 nitrogen and oxygen atoms in total. The Labute approximate surface area is 120 Å². The number of benzene rings is 1. The van der Waals surface area contributed by atoms with Crippen LogP contribution in [0.4, 0.5) is 0 Å². The first-order valence-electron chi connectivity index (χ1n) is 6.13. The highest BCUT2D eigenvalue weighted by molar-refractivity contribution is 14.1. The number of hydrogen-bond donors (Lipinski definition) is 0. The van der Waals surface area contributed by atoms with Crippen molar-refractivity contribution in [3.05, 3.63) is 27.8 Å². The van der Waals surface area contributed by atoms with Gasteiger partial charge in [-0.15, -0.1) is 0 Å². The molecule has 0 spiro atoms. The molecule has 4 heteroatoms. The zero-order valence-corrected chi connectivity index (χ0v) is 13.0. The summed E-state index contributed by atoms with van der Waals surface area (Å²) in [5.74, 6) is 0.786. The Kier molecular flexibility index (Phi) is 4.99. The van der Waals surface area contributed by atoms with Crippen molar-refractivity contribution < 1.29 is 4.21 Å². The van der Waals surface area contributed by atoms with Crippen LogP contribution in [0.1, 0.15) is 26.2 Å². The quantitative estimate of drug-likeness (QED) is 0.709. The fraction of sp³-hybridized carbons (Fsp3) is 0.538. The summed E-state index contributed by atoms with van der Waals surface area (Å²) in [6, 6.07) is 8.00. The second-order valence-corrected chi connectivity index (χ2v) is 7.27. The van der Waals surface area contributed by atoms with E-state index in [1.165, 1.54) is 16.4 Å². The third kappa shape index (κ3) is 4.03. The van der Waals surface area contributed by atoms with Crippen LogP contribution in [0.3, 0.4) is 0 Å². The molecule has 0 saturated heterocycles. The van der Waals surface area contributed by atoms with Crippen LogP contribution in [-0.2, 0) is 11.0 Å². The maximum absolute atomic E-state index is 12.4. The molecule has 0 N–H and O–H groups in total. The van der Waals surface area contributed by atoms with Gasteiger partial charge in [0.2, 0.25) is 0 Å². The molecular formula is C13H18INOS. The molecule has 17 heavy (non-hydrogen) atoms. The first-order chi connectivity index (χ1) is 8.20. The van der Waals surface area contributed by atoms with Crippen molar-refractivity contribution in [1.82, 2.24) is 4.31 Å². The molecule has 1 saturated carbocycles. The molecule has 0 radical (unpaired) electrons. The number of rotatable bonds is 6. The van der Waals surface area contributed by atoms with Gasteiger partial charge in [-0.3, -0.25) is 0 Å². The molecule has 2 rings (SSSR count). The van der Waals surface area contributed by atoms with Crippen molar-refractivity contribution in [2.24, 2.45) is 5.92 Å². The van der Waals surface area contributed by atoms with E-state index < -0.39 is 11.0 Å². The number of halogens is 1. The molecule has 0 heterocycles. The molecule has 1 aromatic rings. The van der Waals surface area contributed by atoms with Gasteiger partial charge in [-0.1, -0.05) is 6.92 Å². The van der Waals surface area contributed by atoms with E-state index in [0.29, 0.717) is 0 Å². The molecule has 94 valence electrons. The highest BCUT2D eigenvalue weighted by atomic mass is 127. The van der Waals surface area contributed by atoms with Crippen LogP contribution in [-0.4, -0.2) is 21.6 Å². The molecule has 0 aliphatic heterocycles. The van der Waals surface area contributed by atoms with E-state index in [2.05, 4.69) is 33.8 Å². The molecule has 0 aromatic heterocycles.